The van der Waals surface area contributed by atoms with Crippen molar-refractivity contribution < 1.29 is 22.7 Å². The third-order valence-corrected chi connectivity index (χ3v) is 4.00. The minimum atomic E-state index is -4.34. The maximum atomic E-state index is 12.3. The smallest absolute Gasteiger partial charge is 0.367 e. The largest absolute Gasteiger partial charge is 0.411 e. The molecule has 3 rings (SSSR count). The summed E-state index contributed by atoms with van der Waals surface area (Å²) in [4.78, 5) is 12.3. The van der Waals surface area contributed by atoms with Crippen LogP contribution in [-0.2, 0) is 30.9 Å². The molecule has 0 saturated heterocycles. The molecule has 1 aliphatic rings. The molecule has 0 bridgehead atoms. The minimum absolute atomic E-state index is 0. The maximum Gasteiger partial charge on any atom is 0.411 e. The summed E-state index contributed by atoms with van der Waals surface area (Å²) < 4.78 is 41.0. The topological polar surface area (TPSA) is 79.0 Å². The number of carbonyl (C=O) groups is 1. The number of benzene rings is 1. The Bertz CT molecular complexity index is 780. The summed E-state index contributed by atoms with van der Waals surface area (Å²) in [6, 6.07) is 6.89. The van der Waals surface area contributed by atoms with Crippen molar-refractivity contribution in [2.24, 2.45) is 0 Å². The third-order valence-electron chi connectivity index (χ3n) is 4.00. The Morgan fingerprint density at radius 2 is 2.07 bits per heavy atom. The zero-order chi connectivity index (χ0) is 18.6. The number of halogens is 4. The van der Waals surface area contributed by atoms with Crippen LogP contribution in [0.4, 0.5) is 13.2 Å². The molecule has 1 aliphatic heterocycles. The molecule has 0 fully saturated rings. The highest BCUT2D eigenvalue weighted by Gasteiger charge is 2.27. The third kappa shape index (κ3) is 5.95. The Morgan fingerprint density at radius 1 is 1.30 bits per heavy atom. The quantitative estimate of drug-likeness (QED) is 0.691. The first-order valence-electron chi connectivity index (χ1n) is 8.20. The predicted molar refractivity (Wildman–Crippen MR) is 94.6 cm³/mol. The molecule has 0 unspecified atom stereocenters. The van der Waals surface area contributed by atoms with E-state index in [2.05, 4.69) is 25.6 Å². The molecule has 1 amide bonds. The number of hydrogen-bond donors (Lipinski definition) is 3. The lowest BCUT2D eigenvalue weighted by Gasteiger charge is -2.13. The van der Waals surface area contributed by atoms with Crippen LogP contribution in [0.5, 0.6) is 0 Å². The first-order chi connectivity index (χ1) is 12.4. The van der Waals surface area contributed by atoms with E-state index < -0.39 is 12.8 Å². The number of nitrogens with zero attached hydrogens (tertiary/aromatic N) is 1. The molecule has 27 heavy (non-hydrogen) atoms. The zero-order valence-electron chi connectivity index (χ0n) is 14.4. The van der Waals surface area contributed by atoms with E-state index in [0.29, 0.717) is 17.8 Å². The summed E-state index contributed by atoms with van der Waals surface area (Å²) in [6.07, 6.45) is -3.54. The summed E-state index contributed by atoms with van der Waals surface area (Å²) in [5.74, 6) is -0.287. The summed E-state index contributed by atoms with van der Waals surface area (Å²) in [5.41, 5.74) is 3.61. The molecular formula is C17H20ClF3N4O2. The molecule has 2 aromatic rings. The van der Waals surface area contributed by atoms with Gasteiger partial charge in [-0.15, -0.1) is 12.4 Å². The van der Waals surface area contributed by atoms with Gasteiger partial charge in [-0.3, -0.25) is 9.89 Å². The Morgan fingerprint density at radius 3 is 2.85 bits per heavy atom. The Hall–Kier alpha value is -2.10. The van der Waals surface area contributed by atoms with Gasteiger partial charge in [0, 0.05) is 37.3 Å². The van der Waals surface area contributed by atoms with E-state index >= 15 is 0 Å². The van der Waals surface area contributed by atoms with E-state index in [9.17, 15) is 18.0 Å². The lowest BCUT2D eigenvalue weighted by atomic mass is 10.1. The number of amides is 1. The number of carbonyl (C=O) groups excluding carboxylic acids is 1. The van der Waals surface area contributed by atoms with Crippen LogP contribution in [0.2, 0.25) is 0 Å². The molecule has 0 saturated carbocycles. The monoisotopic (exact) mass is 404 g/mol. The van der Waals surface area contributed by atoms with Crippen molar-refractivity contribution in [3.63, 3.8) is 0 Å². The fourth-order valence-corrected chi connectivity index (χ4v) is 2.79. The highest BCUT2D eigenvalue weighted by molar-refractivity contribution is 5.94. The standard InChI is InChI=1S/C17H19F3N4O2.ClH/c18-17(19,20)10-26-9-12-3-1-2-11(6-12)7-22-16(25)15-13-8-21-5-4-14(13)23-24-15;/h1-3,6,21H,4-5,7-10H2,(H,22,25)(H,23,24);1H. The van der Waals surface area contributed by atoms with Gasteiger partial charge in [-0.05, 0) is 11.1 Å². The van der Waals surface area contributed by atoms with Gasteiger partial charge in [0.25, 0.3) is 5.91 Å². The SMILES string of the molecule is Cl.O=C(NCc1cccc(COCC(F)(F)F)c1)c1n[nH]c2c1CNCC2. The molecule has 6 nitrogen and oxygen atoms in total. The highest BCUT2D eigenvalue weighted by Crippen LogP contribution is 2.17. The fourth-order valence-electron chi connectivity index (χ4n) is 2.79. The maximum absolute atomic E-state index is 12.3. The Labute approximate surface area is 160 Å². The average Bonchev–Trinajstić information content (AvgIpc) is 3.03. The number of alkyl halides is 3. The van der Waals surface area contributed by atoms with Crippen LogP contribution in [0.3, 0.4) is 0 Å². The predicted octanol–water partition coefficient (Wildman–Crippen LogP) is 2.49. The van der Waals surface area contributed by atoms with Gasteiger partial charge >= 0.3 is 6.18 Å². The minimum Gasteiger partial charge on any atom is -0.367 e. The second-order valence-corrected chi connectivity index (χ2v) is 6.07. The molecule has 1 aromatic heterocycles. The summed E-state index contributed by atoms with van der Waals surface area (Å²) >= 11 is 0. The van der Waals surface area contributed by atoms with E-state index in [1.54, 1.807) is 24.3 Å². The molecule has 0 radical (unpaired) electrons. The van der Waals surface area contributed by atoms with Gasteiger partial charge in [-0.1, -0.05) is 24.3 Å². The van der Waals surface area contributed by atoms with Crippen LogP contribution in [0.1, 0.15) is 32.9 Å². The number of aromatic amines is 1. The first kappa shape index (κ1) is 21.2. The molecule has 0 spiro atoms. The second kappa shape index (κ2) is 9.20. The number of fused-ring (bicyclic) bond motifs is 1. The summed E-state index contributed by atoms with van der Waals surface area (Å²) in [6.45, 7) is 0.271. The molecule has 2 heterocycles. The lowest BCUT2D eigenvalue weighted by Crippen LogP contribution is -2.28. The zero-order valence-corrected chi connectivity index (χ0v) is 15.2. The summed E-state index contributed by atoms with van der Waals surface area (Å²) in [5, 5.41) is 13.0. The average molecular weight is 405 g/mol. The Balaban J connectivity index is 0.00000261. The van der Waals surface area contributed by atoms with E-state index in [1.807, 2.05) is 0 Å². The van der Waals surface area contributed by atoms with Gasteiger partial charge in [0.05, 0.1) is 6.61 Å². The molecule has 0 aliphatic carbocycles. The molecule has 1 aromatic carbocycles. The molecular weight excluding hydrogens is 385 g/mol. The Kier molecular flexibility index (Phi) is 7.23. The van der Waals surface area contributed by atoms with Gasteiger partial charge in [-0.2, -0.15) is 18.3 Å². The van der Waals surface area contributed by atoms with Crippen molar-refractivity contribution in [2.75, 3.05) is 13.2 Å². The van der Waals surface area contributed by atoms with Crippen molar-refractivity contribution >= 4 is 18.3 Å². The lowest BCUT2D eigenvalue weighted by molar-refractivity contribution is -0.176. The van der Waals surface area contributed by atoms with Gasteiger partial charge in [-0.25, -0.2) is 0 Å². The van der Waals surface area contributed by atoms with Gasteiger partial charge < -0.3 is 15.4 Å². The van der Waals surface area contributed by atoms with Crippen molar-refractivity contribution in [3.05, 3.63) is 52.3 Å². The van der Waals surface area contributed by atoms with Crippen molar-refractivity contribution in [3.8, 4) is 0 Å². The van der Waals surface area contributed by atoms with Crippen LogP contribution >= 0.6 is 12.4 Å². The number of aromatic nitrogens is 2. The normalized spacial score (nSPS) is 13.6. The molecule has 0 atom stereocenters. The van der Waals surface area contributed by atoms with Crippen LogP contribution in [0.25, 0.3) is 0 Å². The van der Waals surface area contributed by atoms with Crippen LogP contribution in [-0.4, -0.2) is 35.4 Å². The number of hydrogen-bond acceptors (Lipinski definition) is 4. The highest BCUT2D eigenvalue weighted by atomic mass is 35.5. The molecule has 3 N–H and O–H groups in total. The van der Waals surface area contributed by atoms with Crippen LogP contribution < -0.4 is 10.6 Å². The number of rotatable bonds is 6. The second-order valence-electron chi connectivity index (χ2n) is 6.07. The number of nitrogens with one attached hydrogen (secondary N) is 3. The number of H-pyrrole nitrogens is 1. The van der Waals surface area contributed by atoms with Crippen molar-refractivity contribution in [1.82, 2.24) is 20.8 Å². The summed E-state index contributed by atoms with van der Waals surface area (Å²) in [7, 11) is 0. The van der Waals surface area contributed by atoms with E-state index in [-0.39, 0.29) is 31.5 Å². The van der Waals surface area contributed by atoms with Gasteiger partial charge in [0.1, 0.15) is 6.61 Å². The van der Waals surface area contributed by atoms with E-state index in [1.165, 1.54) is 0 Å². The molecule has 148 valence electrons. The number of ether oxygens (including phenoxy) is 1. The van der Waals surface area contributed by atoms with Gasteiger partial charge in [0.15, 0.2) is 5.69 Å². The van der Waals surface area contributed by atoms with Crippen molar-refractivity contribution in [2.45, 2.75) is 32.3 Å². The van der Waals surface area contributed by atoms with Crippen LogP contribution in [0, 0.1) is 0 Å². The fraction of sp³-hybridized carbons (Fsp3) is 0.412. The first-order valence-corrected chi connectivity index (χ1v) is 8.20. The van der Waals surface area contributed by atoms with Crippen LogP contribution in [0.15, 0.2) is 24.3 Å². The van der Waals surface area contributed by atoms with E-state index in [4.69, 9.17) is 0 Å². The van der Waals surface area contributed by atoms with Crippen molar-refractivity contribution in [1.29, 1.82) is 0 Å². The molecule has 10 heteroatoms. The van der Waals surface area contributed by atoms with E-state index in [0.717, 1.165) is 29.8 Å². The van der Waals surface area contributed by atoms with Gasteiger partial charge in [0.2, 0.25) is 0 Å².